The van der Waals surface area contributed by atoms with E-state index in [9.17, 15) is 9.18 Å². The van der Waals surface area contributed by atoms with Crippen molar-refractivity contribution in [1.29, 1.82) is 0 Å². The summed E-state index contributed by atoms with van der Waals surface area (Å²) in [4.78, 5) is 14.7. The molecule has 108 valence electrons. The number of hydrogen-bond donors (Lipinski definition) is 2. The van der Waals surface area contributed by atoms with Crippen molar-refractivity contribution in [2.75, 3.05) is 5.32 Å². The molecular weight excluding hydrogens is 271 g/mol. The van der Waals surface area contributed by atoms with Gasteiger partial charge in [-0.2, -0.15) is 0 Å². The van der Waals surface area contributed by atoms with E-state index in [2.05, 4.69) is 10.3 Å². The summed E-state index contributed by atoms with van der Waals surface area (Å²) in [6, 6.07) is 10.8. The molecule has 21 heavy (non-hydrogen) atoms. The Morgan fingerprint density at radius 2 is 2.05 bits per heavy atom. The monoisotopic (exact) mass is 286 g/mol. The number of pyridine rings is 1. The number of rotatable bonds is 5. The third-order valence-electron chi connectivity index (χ3n) is 3.63. The first-order chi connectivity index (χ1) is 10.1. The van der Waals surface area contributed by atoms with E-state index in [1.165, 1.54) is 6.20 Å². The number of halogens is 1. The van der Waals surface area contributed by atoms with Crippen LogP contribution in [0.4, 0.5) is 10.2 Å². The second kappa shape index (κ2) is 5.52. The quantitative estimate of drug-likeness (QED) is 0.883. The number of carbonyl (C=O) groups is 1. The molecule has 1 aliphatic rings. The molecule has 2 aromatic rings. The van der Waals surface area contributed by atoms with Gasteiger partial charge < -0.3 is 10.4 Å². The standard InChI is InChI=1S/C16H15FN2O2/c17-13-8-12(16(20)21)9-18-15(13)19-14(11-6-7-11)10-4-2-1-3-5-10/h1-5,8-9,11,14H,6-7H2,(H,18,19)(H,20,21). The first-order valence-electron chi connectivity index (χ1n) is 6.85. The lowest BCUT2D eigenvalue weighted by Gasteiger charge is -2.19. The zero-order valence-corrected chi connectivity index (χ0v) is 11.3. The average Bonchev–Trinajstić information content (AvgIpc) is 3.31. The summed E-state index contributed by atoms with van der Waals surface area (Å²) in [6.07, 6.45) is 3.37. The normalized spacial score (nSPS) is 15.5. The zero-order valence-electron chi connectivity index (χ0n) is 11.3. The Kier molecular flexibility index (Phi) is 3.56. The van der Waals surface area contributed by atoms with Gasteiger partial charge in [-0.1, -0.05) is 30.3 Å². The molecule has 1 fully saturated rings. The number of nitrogens with one attached hydrogen (secondary N) is 1. The summed E-state index contributed by atoms with van der Waals surface area (Å²) in [7, 11) is 0. The fourth-order valence-electron chi connectivity index (χ4n) is 2.37. The molecule has 4 nitrogen and oxygen atoms in total. The van der Waals surface area contributed by atoms with Crippen LogP contribution in [-0.4, -0.2) is 16.1 Å². The summed E-state index contributed by atoms with van der Waals surface area (Å²) in [5, 5.41) is 11.9. The molecule has 1 aromatic heterocycles. The van der Waals surface area contributed by atoms with Gasteiger partial charge in [0.1, 0.15) is 0 Å². The van der Waals surface area contributed by atoms with E-state index in [0.29, 0.717) is 5.92 Å². The van der Waals surface area contributed by atoms with E-state index >= 15 is 0 Å². The summed E-state index contributed by atoms with van der Waals surface area (Å²) >= 11 is 0. The fourth-order valence-corrected chi connectivity index (χ4v) is 2.37. The Balaban J connectivity index is 1.85. The minimum Gasteiger partial charge on any atom is -0.478 e. The maximum atomic E-state index is 14.0. The van der Waals surface area contributed by atoms with Crippen molar-refractivity contribution < 1.29 is 14.3 Å². The number of benzene rings is 1. The zero-order chi connectivity index (χ0) is 14.8. The van der Waals surface area contributed by atoms with Crippen LogP contribution in [0, 0.1) is 11.7 Å². The molecule has 0 radical (unpaired) electrons. The van der Waals surface area contributed by atoms with Crippen LogP contribution in [0.1, 0.15) is 34.8 Å². The number of aromatic nitrogens is 1. The van der Waals surface area contributed by atoms with Gasteiger partial charge in [-0.05, 0) is 30.4 Å². The molecule has 1 unspecified atom stereocenters. The largest absolute Gasteiger partial charge is 0.478 e. The molecule has 1 aliphatic carbocycles. The highest BCUT2D eigenvalue weighted by Crippen LogP contribution is 2.42. The van der Waals surface area contributed by atoms with Crippen molar-refractivity contribution in [1.82, 2.24) is 4.98 Å². The van der Waals surface area contributed by atoms with Gasteiger partial charge in [-0.25, -0.2) is 14.2 Å². The van der Waals surface area contributed by atoms with Gasteiger partial charge in [0.25, 0.3) is 0 Å². The average molecular weight is 286 g/mol. The minimum absolute atomic E-state index is 0.00359. The van der Waals surface area contributed by atoms with Crippen molar-refractivity contribution in [3.05, 3.63) is 59.5 Å². The van der Waals surface area contributed by atoms with E-state index in [1.54, 1.807) is 0 Å². The summed E-state index contributed by atoms with van der Waals surface area (Å²) < 4.78 is 14.0. The van der Waals surface area contributed by atoms with Crippen LogP contribution < -0.4 is 5.32 Å². The lowest BCUT2D eigenvalue weighted by atomic mass is 10.0. The van der Waals surface area contributed by atoms with E-state index < -0.39 is 11.8 Å². The number of carboxylic acid groups (broad SMARTS) is 1. The van der Waals surface area contributed by atoms with Crippen LogP contribution in [-0.2, 0) is 0 Å². The Morgan fingerprint density at radius 1 is 1.33 bits per heavy atom. The summed E-state index contributed by atoms with van der Waals surface area (Å²) in [6.45, 7) is 0. The second-order valence-electron chi connectivity index (χ2n) is 5.23. The van der Waals surface area contributed by atoms with Gasteiger partial charge in [-0.15, -0.1) is 0 Å². The SMILES string of the molecule is O=C(O)c1cnc(NC(c2ccccc2)C2CC2)c(F)c1. The Labute approximate surface area is 121 Å². The Hall–Kier alpha value is -2.43. The van der Waals surface area contributed by atoms with Gasteiger partial charge in [0.2, 0.25) is 0 Å². The molecule has 0 bridgehead atoms. The fraction of sp³-hybridized carbons (Fsp3) is 0.250. The highest BCUT2D eigenvalue weighted by molar-refractivity contribution is 5.87. The highest BCUT2D eigenvalue weighted by Gasteiger charge is 2.33. The number of aromatic carboxylic acids is 1. The maximum absolute atomic E-state index is 14.0. The molecule has 0 saturated heterocycles. The minimum atomic E-state index is -1.19. The van der Waals surface area contributed by atoms with Gasteiger partial charge in [0.15, 0.2) is 11.6 Å². The first kappa shape index (κ1) is 13.5. The Bertz CT molecular complexity index is 657. The number of hydrogen-bond acceptors (Lipinski definition) is 3. The first-order valence-corrected chi connectivity index (χ1v) is 6.85. The van der Waals surface area contributed by atoms with E-state index in [0.717, 1.165) is 24.5 Å². The molecule has 1 atom stereocenters. The van der Waals surface area contributed by atoms with Crippen LogP contribution in [0.25, 0.3) is 0 Å². The van der Waals surface area contributed by atoms with Crippen LogP contribution in [0.5, 0.6) is 0 Å². The molecule has 3 rings (SSSR count). The molecule has 2 N–H and O–H groups in total. The topological polar surface area (TPSA) is 62.2 Å². The molecule has 1 saturated carbocycles. The molecule has 5 heteroatoms. The third-order valence-corrected chi connectivity index (χ3v) is 3.63. The van der Waals surface area contributed by atoms with Gasteiger partial charge in [0, 0.05) is 6.20 Å². The van der Waals surface area contributed by atoms with Crippen LogP contribution in [0.2, 0.25) is 0 Å². The summed E-state index contributed by atoms with van der Waals surface area (Å²) in [5.74, 6) is -1.26. The van der Waals surface area contributed by atoms with Crippen molar-refractivity contribution >= 4 is 11.8 Å². The summed E-state index contributed by atoms with van der Waals surface area (Å²) in [5.41, 5.74) is 0.934. The van der Waals surface area contributed by atoms with Gasteiger partial charge >= 0.3 is 5.97 Å². The van der Waals surface area contributed by atoms with Crippen molar-refractivity contribution in [3.8, 4) is 0 Å². The molecule has 0 aliphatic heterocycles. The number of carboxylic acids is 1. The molecule has 0 spiro atoms. The lowest BCUT2D eigenvalue weighted by molar-refractivity contribution is 0.0696. The molecule has 1 heterocycles. The molecular formula is C16H15FN2O2. The van der Waals surface area contributed by atoms with Crippen molar-refractivity contribution in [2.24, 2.45) is 5.92 Å². The van der Waals surface area contributed by atoms with E-state index in [1.807, 2.05) is 30.3 Å². The van der Waals surface area contributed by atoms with E-state index in [4.69, 9.17) is 5.11 Å². The van der Waals surface area contributed by atoms with Crippen molar-refractivity contribution in [3.63, 3.8) is 0 Å². The highest BCUT2D eigenvalue weighted by atomic mass is 19.1. The van der Waals surface area contributed by atoms with Crippen LogP contribution in [0.3, 0.4) is 0 Å². The predicted octanol–water partition coefficient (Wildman–Crippen LogP) is 3.48. The molecule has 0 amide bonds. The predicted molar refractivity (Wildman–Crippen MR) is 76.7 cm³/mol. The van der Waals surface area contributed by atoms with Gasteiger partial charge in [-0.3, -0.25) is 0 Å². The maximum Gasteiger partial charge on any atom is 0.337 e. The lowest BCUT2D eigenvalue weighted by Crippen LogP contribution is -2.15. The third kappa shape index (κ3) is 3.02. The van der Waals surface area contributed by atoms with Crippen molar-refractivity contribution in [2.45, 2.75) is 18.9 Å². The van der Waals surface area contributed by atoms with Crippen LogP contribution in [0.15, 0.2) is 42.6 Å². The Morgan fingerprint density at radius 3 is 2.62 bits per heavy atom. The molecule has 1 aromatic carbocycles. The smallest absolute Gasteiger partial charge is 0.337 e. The van der Waals surface area contributed by atoms with E-state index in [-0.39, 0.29) is 17.4 Å². The van der Waals surface area contributed by atoms with Crippen LogP contribution >= 0.6 is 0 Å². The number of anilines is 1. The van der Waals surface area contributed by atoms with Gasteiger partial charge in [0.05, 0.1) is 11.6 Å². The number of nitrogens with zero attached hydrogens (tertiary/aromatic N) is 1. The second-order valence-corrected chi connectivity index (χ2v) is 5.23.